The van der Waals surface area contributed by atoms with E-state index in [4.69, 9.17) is 0 Å². The maximum atomic E-state index is 13.4. The van der Waals surface area contributed by atoms with Crippen molar-refractivity contribution in [2.45, 2.75) is 25.9 Å². The molecule has 1 fully saturated rings. The monoisotopic (exact) mass is 210 g/mol. The molecule has 0 aliphatic carbocycles. The number of halogens is 1. The largest absolute Gasteiger partial charge is 0.350 e. The van der Waals surface area contributed by atoms with Crippen LogP contribution in [0.25, 0.3) is 0 Å². The molecular formula is C10H15FN4. The summed E-state index contributed by atoms with van der Waals surface area (Å²) >= 11 is 0. The predicted molar refractivity (Wildman–Crippen MR) is 56.3 cm³/mol. The Bertz CT molecular complexity index is 334. The number of nitrogens with one attached hydrogen (secondary N) is 1. The molecule has 0 radical (unpaired) electrons. The number of piperazine rings is 1. The summed E-state index contributed by atoms with van der Waals surface area (Å²) in [5.74, 6) is -0.128. The summed E-state index contributed by atoms with van der Waals surface area (Å²) in [5.41, 5.74) is 0. The van der Waals surface area contributed by atoms with Gasteiger partial charge in [-0.1, -0.05) is 0 Å². The smallest absolute Gasteiger partial charge is 0.255 e. The minimum atomic E-state index is -0.487. The van der Waals surface area contributed by atoms with Gasteiger partial charge in [-0.3, -0.25) is 0 Å². The van der Waals surface area contributed by atoms with E-state index in [9.17, 15) is 4.39 Å². The Morgan fingerprint density at radius 1 is 1.27 bits per heavy atom. The second-order valence-electron chi connectivity index (χ2n) is 4.04. The van der Waals surface area contributed by atoms with Crippen LogP contribution in [-0.4, -0.2) is 35.1 Å². The molecule has 0 bridgehead atoms. The Morgan fingerprint density at radius 2 is 1.87 bits per heavy atom. The predicted octanol–water partition coefficient (Wildman–Crippen LogP) is 0.802. The number of rotatable bonds is 1. The fourth-order valence-electron chi connectivity index (χ4n) is 2.03. The van der Waals surface area contributed by atoms with Crippen LogP contribution >= 0.6 is 0 Å². The van der Waals surface area contributed by atoms with Gasteiger partial charge < -0.3 is 10.2 Å². The van der Waals surface area contributed by atoms with Crippen LogP contribution in [0, 0.1) is 5.95 Å². The maximum Gasteiger partial charge on any atom is 0.255 e. The molecule has 1 aromatic rings. The zero-order valence-corrected chi connectivity index (χ0v) is 8.94. The van der Waals surface area contributed by atoms with Crippen LogP contribution < -0.4 is 10.2 Å². The fourth-order valence-corrected chi connectivity index (χ4v) is 2.03. The number of hydrogen-bond donors (Lipinski definition) is 1. The number of nitrogens with zero attached hydrogens (tertiary/aromatic N) is 3. The lowest BCUT2D eigenvalue weighted by molar-refractivity contribution is 0.400. The van der Waals surface area contributed by atoms with E-state index in [2.05, 4.69) is 29.1 Å². The van der Waals surface area contributed by atoms with Gasteiger partial charge in [-0.15, -0.1) is 0 Å². The Labute approximate surface area is 88.5 Å². The van der Waals surface area contributed by atoms with Crippen LogP contribution in [0.5, 0.6) is 0 Å². The normalized spacial score (nSPS) is 26.7. The molecule has 15 heavy (non-hydrogen) atoms. The van der Waals surface area contributed by atoms with Crippen molar-refractivity contribution in [2.24, 2.45) is 0 Å². The molecular weight excluding hydrogens is 195 g/mol. The summed E-state index contributed by atoms with van der Waals surface area (Å²) < 4.78 is 13.4. The van der Waals surface area contributed by atoms with Gasteiger partial charge in [0, 0.05) is 37.6 Å². The van der Waals surface area contributed by atoms with E-state index in [0.717, 1.165) is 13.1 Å². The van der Waals surface area contributed by atoms with Crippen LogP contribution in [0.4, 0.5) is 10.2 Å². The van der Waals surface area contributed by atoms with E-state index in [0.29, 0.717) is 17.9 Å². The van der Waals surface area contributed by atoms with Crippen molar-refractivity contribution < 1.29 is 4.39 Å². The molecule has 0 saturated carbocycles. The average molecular weight is 210 g/mol. The zero-order valence-electron chi connectivity index (χ0n) is 8.94. The van der Waals surface area contributed by atoms with E-state index in [1.807, 2.05) is 4.90 Å². The van der Waals surface area contributed by atoms with E-state index in [1.54, 1.807) is 0 Å². The summed E-state index contributed by atoms with van der Waals surface area (Å²) in [6, 6.07) is 0.685. The van der Waals surface area contributed by atoms with Crippen molar-refractivity contribution in [2.75, 3.05) is 18.0 Å². The van der Waals surface area contributed by atoms with Crippen molar-refractivity contribution >= 4 is 5.82 Å². The highest BCUT2D eigenvalue weighted by atomic mass is 19.1. The first-order valence-electron chi connectivity index (χ1n) is 5.14. The van der Waals surface area contributed by atoms with Crippen molar-refractivity contribution in [1.29, 1.82) is 0 Å². The third-order valence-corrected chi connectivity index (χ3v) is 2.49. The molecule has 1 N–H and O–H groups in total. The van der Waals surface area contributed by atoms with E-state index in [-0.39, 0.29) is 0 Å². The van der Waals surface area contributed by atoms with Crippen LogP contribution in [-0.2, 0) is 0 Å². The zero-order chi connectivity index (χ0) is 10.8. The lowest BCUT2D eigenvalue weighted by Gasteiger charge is -2.36. The van der Waals surface area contributed by atoms with Gasteiger partial charge in [0.25, 0.3) is 5.95 Å². The van der Waals surface area contributed by atoms with E-state index < -0.39 is 5.95 Å². The van der Waals surface area contributed by atoms with Gasteiger partial charge in [0.1, 0.15) is 0 Å². The molecule has 1 aromatic heterocycles. The van der Waals surface area contributed by atoms with Crippen molar-refractivity contribution in [3.8, 4) is 0 Å². The van der Waals surface area contributed by atoms with Gasteiger partial charge in [0.05, 0.1) is 0 Å². The highest BCUT2D eigenvalue weighted by Gasteiger charge is 2.24. The number of aromatic nitrogens is 2. The molecule has 2 atom stereocenters. The standard InChI is InChI=1S/C10H15FN4/c1-7-5-15(6-8(2)14-7)10-9(11)12-3-4-13-10/h3-4,7-8,14H,5-6H2,1-2H3/t7-,8+. The minimum Gasteiger partial charge on any atom is -0.350 e. The van der Waals surface area contributed by atoms with Crippen molar-refractivity contribution in [3.63, 3.8) is 0 Å². The third kappa shape index (κ3) is 2.23. The summed E-state index contributed by atoms with van der Waals surface area (Å²) in [7, 11) is 0. The quantitative estimate of drug-likeness (QED) is 0.744. The van der Waals surface area contributed by atoms with Gasteiger partial charge in [-0.25, -0.2) is 9.97 Å². The third-order valence-electron chi connectivity index (χ3n) is 2.49. The molecule has 2 heterocycles. The number of hydrogen-bond acceptors (Lipinski definition) is 4. The average Bonchev–Trinajstić information content (AvgIpc) is 2.16. The van der Waals surface area contributed by atoms with E-state index in [1.165, 1.54) is 12.4 Å². The SMILES string of the molecule is C[C@@H]1CN(c2nccnc2F)C[C@H](C)N1. The first kappa shape index (κ1) is 10.3. The Morgan fingerprint density at radius 3 is 2.47 bits per heavy atom. The highest BCUT2D eigenvalue weighted by molar-refractivity contribution is 5.38. The van der Waals surface area contributed by atoms with Crippen molar-refractivity contribution in [3.05, 3.63) is 18.3 Å². The molecule has 0 spiro atoms. The topological polar surface area (TPSA) is 41.1 Å². The van der Waals surface area contributed by atoms with Crippen LogP contribution in [0.3, 0.4) is 0 Å². The van der Waals surface area contributed by atoms with E-state index >= 15 is 0 Å². The molecule has 0 aromatic carbocycles. The highest BCUT2D eigenvalue weighted by Crippen LogP contribution is 2.16. The number of anilines is 1. The van der Waals surface area contributed by atoms with Gasteiger partial charge in [0.15, 0.2) is 5.82 Å². The molecule has 5 heteroatoms. The van der Waals surface area contributed by atoms with Crippen LogP contribution in [0.2, 0.25) is 0 Å². The molecule has 4 nitrogen and oxygen atoms in total. The minimum absolute atomic E-state index is 0.343. The lowest BCUT2D eigenvalue weighted by atomic mass is 10.1. The summed E-state index contributed by atoms with van der Waals surface area (Å²) in [6.07, 6.45) is 2.89. The van der Waals surface area contributed by atoms with Crippen molar-refractivity contribution in [1.82, 2.24) is 15.3 Å². The Balaban J connectivity index is 2.20. The van der Waals surface area contributed by atoms with Crippen LogP contribution in [0.1, 0.15) is 13.8 Å². The maximum absolute atomic E-state index is 13.4. The molecule has 1 aliphatic rings. The summed E-state index contributed by atoms with van der Waals surface area (Å²) in [6.45, 7) is 5.69. The molecule has 82 valence electrons. The van der Waals surface area contributed by atoms with Gasteiger partial charge in [0.2, 0.25) is 0 Å². The second-order valence-corrected chi connectivity index (χ2v) is 4.04. The summed E-state index contributed by atoms with van der Waals surface area (Å²) in [5, 5.41) is 3.39. The molecule has 0 amide bonds. The summed E-state index contributed by atoms with van der Waals surface area (Å²) in [4.78, 5) is 9.58. The van der Waals surface area contributed by atoms with Crippen LogP contribution in [0.15, 0.2) is 12.4 Å². The molecule has 1 aliphatic heterocycles. The first-order chi connectivity index (χ1) is 7.16. The Hall–Kier alpha value is -1.23. The Kier molecular flexibility index (Phi) is 2.81. The van der Waals surface area contributed by atoms with Gasteiger partial charge >= 0.3 is 0 Å². The second kappa shape index (κ2) is 4.10. The lowest BCUT2D eigenvalue weighted by Crippen LogP contribution is -2.54. The van der Waals surface area contributed by atoms with Gasteiger partial charge in [-0.05, 0) is 13.8 Å². The molecule has 0 unspecified atom stereocenters. The van der Waals surface area contributed by atoms with Gasteiger partial charge in [-0.2, -0.15) is 4.39 Å². The first-order valence-corrected chi connectivity index (χ1v) is 5.14. The molecule has 2 rings (SSSR count). The fraction of sp³-hybridized carbons (Fsp3) is 0.600. The molecule has 1 saturated heterocycles.